The van der Waals surface area contributed by atoms with Gasteiger partial charge in [0.25, 0.3) is 5.91 Å². The van der Waals surface area contributed by atoms with Crippen LogP contribution in [-0.2, 0) is 9.59 Å². The van der Waals surface area contributed by atoms with Gasteiger partial charge in [-0.25, -0.2) is 9.69 Å². The summed E-state index contributed by atoms with van der Waals surface area (Å²) in [5.74, 6) is -2.66. The molecule has 132 valence electrons. The van der Waals surface area contributed by atoms with Crippen LogP contribution in [0.5, 0.6) is 0 Å². The van der Waals surface area contributed by atoms with Gasteiger partial charge in [0.1, 0.15) is 0 Å². The first-order chi connectivity index (χ1) is 12.4. The van der Waals surface area contributed by atoms with E-state index in [0.717, 1.165) is 10.5 Å². The van der Waals surface area contributed by atoms with E-state index in [9.17, 15) is 14.4 Å². The highest BCUT2D eigenvalue weighted by molar-refractivity contribution is 6.35. The second-order valence-electron chi connectivity index (χ2n) is 5.64. The number of para-hydroxylation sites is 1. The number of rotatable bonds is 3. The van der Waals surface area contributed by atoms with E-state index in [-0.39, 0.29) is 0 Å². The molecular formula is C18H13Cl2N3O3. The third-order valence-corrected chi connectivity index (χ3v) is 4.21. The summed E-state index contributed by atoms with van der Waals surface area (Å²) in [4.78, 5) is 42.1. The van der Waals surface area contributed by atoms with Gasteiger partial charge in [-0.1, -0.05) is 41.4 Å². The Morgan fingerprint density at radius 1 is 1.08 bits per heavy atom. The van der Waals surface area contributed by atoms with Gasteiger partial charge in [0.05, 0.1) is 11.4 Å². The summed E-state index contributed by atoms with van der Waals surface area (Å²) in [5, 5.41) is 2.93. The van der Waals surface area contributed by atoms with Crippen LogP contribution < -0.4 is 10.2 Å². The number of nitrogens with zero attached hydrogens (tertiary/aromatic N) is 2. The third kappa shape index (κ3) is 3.61. The minimum atomic E-state index is -1.25. The summed E-state index contributed by atoms with van der Waals surface area (Å²) in [6.45, 7) is 1.77. The molecule has 1 N–H and O–H groups in total. The quantitative estimate of drug-likeness (QED) is 0.638. The van der Waals surface area contributed by atoms with E-state index in [1.54, 1.807) is 49.4 Å². The van der Waals surface area contributed by atoms with Crippen molar-refractivity contribution in [3.63, 3.8) is 0 Å². The summed E-state index contributed by atoms with van der Waals surface area (Å²) in [7, 11) is 0. The van der Waals surface area contributed by atoms with Gasteiger partial charge in [0.2, 0.25) is 5.91 Å². The highest BCUT2D eigenvalue weighted by atomic mass is 35.5. The maximum absolute atomic E-state index is 12.8. The van der Waals surface area contributed by atoms with E-state index in [1.807, 2.05) is 0 Å². The van der Waals surface area contributed by atoms with E-state index >= 15 is 0 Å². The second kappa shape index (κ2) is 7.27. The molecule has 0 radical (unpaired) electrons. The van der Waals surface area contributed by atoms with Gasteiger partial charge in [-0.3, -0.25) is 19.9 Å². The summed E-state index contributed by atoms with van der Waals surface area (Å²) in [6.07, 6.45) is 1.18. The van der Waals surface area contributed by atoms with Crippen molar-refractivity contribution in [2.75, 3.05) is 4.90 Å². The zero-order valence-electron chi connectivity index (χ0n) is 13.6. The number of imide groups is 2. The highest BCUT2D eigenvalue weighted by Gasteiger charge is 2.40. The molecule has 1 aliphatic heterocycles. The molecule has 6 nitrogen and oxygen atoms in total. The van der Waals surface area contributed by atoms with Crippen molar-refractivity contribution in [3.05, 3.63) is 58.1 Å². The molecule has 0 aliphatic carbocycles. The first-order valence-corrected chi connectivity index (χ1v) is 8.37. The van der Waals surface area contributed by atoms with Gasteiger partial charge in [0, 0.05) is 16.3 Å². The fourth-order valence-electron chi connectivity index (χ4n) is 2.54. The number of hydrogen-bond donors (Lipinski definition) is 1. The Bertz CT molecular complexity index is 923. The van der Waals surface area contributed by atoms with Gasteiger partial charge in [-0.05, 0) is 36.8 Å². The van der Waals surface area contributed by atoms with Crippen LogP contribution in [0.2, 0.25) is 10.0 Å². The van der Waals surface area contributed by atoms with E-state index < -0.39 is 23.8 Å². The lowest BCUT2D eigenvalue weighted by Gasteiger charge is -2.29. The fraction of sp³-hybridized carbons (Fsp3) is 0.111. The molecule has 2 aromatic rings. The van der Waals surface area contributed by atoms with Crippen molar-refractivity contribution in [2.45, 2.75) is 6.92 Å². The standard InChI is InChI=1S/C18H13Cl2N3O3/c1-10-4-2-3-5-15(10)23-17(25)14(16(24)22-18(23)26)9-21-13-7-11(19)6-12(20)8-13/h2-9,14H,1H3,(H,22,24,26)/t14-/m0/s1. The Hall–Kier alpha value is -2.70. The summed E-state index contributed by atoms with van der Waals surface area (Å²) in [5.41, 5.74) is 1.52. The number of carbonyl (C=O) groups is 3. The van der Waals surface area contributed by atoms with Crippen molar-refractivity contribution in [1.29, 1.82) is 0 Å². The molecule has 1 saturated heterocycles. The number of barbiturate groups is 1. The van der Waals surface area contributed by atoms with Crippen LogP contribution in [-0.4, -0.2) is 24.1 Å². The van der Waals surface area contributed by atoms with Crippen molar-refractivity contribution in [1.82, 2.24) is 5.32 Å². The molecule has 1 atom stereocenters. The second-order valence-corrected chi connectivity index (χ2v) is 6.51. The number of halogens is 2. The zero-order valence-corrected chi connectivity index (χ0v) is 15.1. The first kappa shape index (κ1) is 18.1. The molecule has 3 rings (SSSR count). The lowest BCUT2D eigenvalue weighted by atomic mass is 10.0. The number of anilines is 1. The van der Waals surface area contributed by atoms with Gasteiger partial charge >= 0.3 is 6.03 Å². The zero-order chi connectivity index (χ0) is 18.8. The molecule has 1 heterocycles. The van der Waals surface area contributed by atoms with Crippen LogP contribution >= 0.6 is 23.2 Å². The normalized spacial score (nSPS) is 17.7. The number of nitrogens with one attached hydrogen (secondary N) is 1. The van der Waals surface area contributed by atoms with Gasteiger partial charge in [-0.15, -0.1) is 0 Å². The topological polar surface area (TPSA) is 78.8 Å². The molecule has 8 heteroatoms. The van der Waals surface area contributed by atoms with Crippen LogP contribution in [0.4, 0.5) is 16.2 Å². The fourth-order valence-corrected chi connectivity index (χ4v) is 3.05. The lowest BCUT2D eigenvalue weighted by molar-refractivity contribution is -0.131. The van der Waals surface area contributed by atoms with E-state index in [0.29, 0.717) is 21.4 Å². The molecule has 2 aromatic carbocycles. The summed E-state index contributed by atoms with van der Waals surface area (Å²) in [6, 6.07) is 10.7. The van der Waals surface area contributed by atoms with Crippen LogP contribution in [0.25, 0.3) is 0 Å². The van der Waals surface area contributed by atoms with Crippen LogP contribution in [0, 0.1) is 12.8 Å². The Labute approximate surface area is 159 Å². The van der Waals surface area contributed by atoms with Crippen molar-refractivity contribution >= 4 is 58.6 Å². The average molecular weight is 390 g/mol. The molecule has 1 fully saturated rings. The summed E-state index contributed by atoms with van der Waals surface area (Å²) >= 11 is 11.8. The monoisotopic (exact) mass is 389 g/mol. The highest BCUT2D eigenvalue weighted by Crippen LogP contribution is 2.26. The third-order valence-electron chi connectivity index (χ3n) is 3.78. The molecule has 4 amide bonds. The summed E-state index contributed by atoms with van der Waals surface area (Å²) < 4.78 is 0. The Morgan fingerprint density at radius 2 is 1.73 bits per heavy atom. The van der Waals surface area contributed by atoms with Crippen LogP contribution in [0.15, 0.2) is 47.5 Å². The largest absolute Gasteiger partial charge is 0.335 e. The molecule has 0 bridgehead atoms. The van der Waals surface area contributed by atoms with E-state index in [4.69, 9.17) is 23.2 Å². The number of aliphatic imine (C=N–C) groups is 1. The number of amides is 4. The van der Waals surface area contributed by atoms with Crippen molar-refractivity contribution < 1.29 is 14.4 Å². The molecule has 1 aliphatic rings. The minimum absolute atomic E-state index is 0.376. The van der Waals surface area contributed by atoms with E-state index in [2.05, 4.69) is 10.3 Å². The number of hydrogen-bond acceptors (Lipinski definition) is 4. The molecule has 0 spiro atoms. The number of benzene rings is 2. The van der Waals surface area contributed by atoms with E-state index in [1.165, 1.54) is 6.21 Å². The molecule has 26 heavy (non-hydrogen) atoms. The molecular weight excluding hydrogens is 377 g/mol. The average Bonchev–Trinajstić information content (AvgIpc) is 2.55. The number of aryl methyl sites for hydroxylation is 1. The van der Waals surface area contributed by atoms with Gasteiger partial charge in [0.15, 0.2) is 5.92 Å². The minimum Gasteiger partial charge on any atom is -0.276 e. The predicted molar refractivity (Wildman–Crippen MR) is 100 cm³/mol. The molecule has 0 saturated carbocycles. The molecule has 0 aromatic heterocycles. The lowest BCUT2D eigenvalue weighted by Crippen LogP contribution is -2.58. The van der Waals surface area contributed by atoms with Gasteiger partial charge < -0.3 is 0 Å². The maximum atomic E-state index is 12.8. The number of carbonyl (C=O) groups excluding carboxylic acids is 3. The van der Waals surface area contributed by atoms with Gasteiger partial charge in [-0.2, -0.15) is 0 Å². The van der Waals surface area contributed by atoms with Crippen LogP contribution in [0.3, 0.4) is 0 Å². The Morgan fingerprint density at radius 3 is 2.38 bits per heavy atom. The van der Waals surface area contributed by atoms with Crippen LogP contribution in [0.1, 0.15) is 5.56 Å². The first-order valence-electron chi connectivity index (χ1n) is 7.61. The molecule has 0 unspecified atom stereocenters. The predicted octanol–water partition coefficient (Wildman–Crippen LogP) is 3.90. The van der Waals surface area contributed by atoms with Crippen molar-refractivity contribution in [3.8, 4) is 0 Å². The Kier molecular flexibility index (Phi) is 5.06. The maximum Gasteiger partial charge on any atom is 0.335 e. The smallest absolute Gasteiger partial charge is 0.276 e. The number of urea groups is 1. The van der Waals surface area contributed by atoms with Crippen molar-refractivity contribution in [2.24, 2.45) is 10.9 Å². The Balaban J connectivity index is 1.93. The SMILES string of the molecule is Cc1ccccc1N1C(=O)NC(=O)[C@H](C=Nc2cc(Cl)cc(Cl)c2)C1=O.